The van der Waals surface area contributed by atoms with Crippen LogP contribution < -0.4 is 0 Å². The number of hydrogen-bond acceptors (Lipinski definition) is 3. The van der Waals surface area contributed by atoms with Gasteiger partial charge in [0.05, 0.1) is 11.0 Å². The second-order valence-corrected chi connectivity index (χ2v) is 9.15. The first-order valence-electron chi connectivity index (χ1n) is 11.9. The number of para-hydroxylation sites is 2. The average Bonchev–Trinajstić information content (AvgIpc) is 3.21. The van der Waals surface area contributed by atoms with Gasteiger partial charge in [0, 0.05) is 21.9 Å². The van der Waals surface area contributed by atoms with Crippen LogP contribution in [0.25, 0.3) is 50.5 Å². The summed E-state index contributed by atoms with van der Waals surface area (Å²) in [5, 5.41) is 2.37. The van der Waals surface area contributed by atoms with E-state index in [1.165, 1.54) is 33.0 Å². The zero-order valence-corrected chi connectivity index (χ0v) is 20.4. The Kier molecular flexibility index (Phi) is 4.96. The van der Waals surface area contributed by atoms with Crippen LogP contribution >= 0.6 is 0 Å². The van der Waals surface area contributed by atoms with E-state index in [4.69, 9.17) is 15.0 Å². The van der Waals surface area contributed by atoms with Gasteiger partial charge < -0.3 is 0 Å². The highest BCUT2D eigenvalue weighted by Crippen LogP contribution is 2.33. The molecule has 4 aromatic carbocycles. The summed E-state index contributed by atoms with van der Waals surface area (Å²) < 4.78 is 2.16. The average molecular weight is 455 g/mol. The van der Waals surface area contributed by atoms with Crippen molar-refractivity contribution in [2.75, 3.05) is 0 Å². The molecule has 0 aliphatic rings. The van der Waals surface area contributed by atoms with E-state index in [-0.39, 0.29) is 0 Å². The van der Waals surface area contributed by atoms with E-state index in [0.717, 1.165) is 22.2 Å². The lowest BCUT2D eigenvalue weighted by atomic mass is 10.0. The van der Waals surface area contributed by atoms with Crippen molar-refractivity contribution in [1.82, 2.24) is 19.5 Å². The fourth-order valence-electron chi connectivity index (χ4n) is 4.83. The molecule has 0 spiro atoms. The van der Waals surface area contributed by atoms with Crippen LogP contribution in [0.5, 0.6) is 0 Å². The molecule has 0 amide bonds. The molecule has 2 heterocycles. The molecule has 0 N–H and O–H groups in total. The maximum atomic E-state index is 5.07. The lowest BCUT2D eigenvalue weighted by molar-refractivity contribution is 0.950. The topological polar surface area (TPSA) is 43.6 Å². The Balaban J connectivity index is 1.72. The molecule has 4 heteroatoms. The first-order chi connectivity index (χ1) is 17.0. The van der Waals surface area contributed by atoms with Gasteiger partial charge in [0.25, 0.3) is 0 Å². The Morgan fingerprint density at radius 2 is 0.943 bits per heavy atom. The van der Waals surface area contributed by atoms with Gasteiger partial charge in [-0.1, -0.05) is 72.8 Å². The molecule has 0 fully saturated rings. The molecule has 0 bridgehead atoms. The number of hydrogen-bond donors (Lipinski definition) is 0. The molecule has 0 saturated carbocycles. The molecule has 170 valence electrons. The third-order valence-corrected chi connectivity index (χ3v) is 7.09. The van der Waals surface area contributed by atoms with Crippen molar-refractivity contribution < 1.29 is 0 Å². The first-order valence-corrected chi connectivity index (χ1v) is 11.9. The third kappa shape index (κ3) is 3.41. The fourth-order valence-corrected chi connectivity index (χ4v) is 4.83. The van der Waals surface area contributed by atoms with E-state index in [2.05, 4.69) is 117 Å². The maximum Gasteiger partial charge on any atom is 0.238 e. The maximum absolute atomic E-state index is 5.07. The minimum absolute atomic E-state index is 0.629. The molecular formula is C31H26N4. The van der Waals surface area contributed by atoms with E-state index in [1.54, 1.807) is 0 Å². The predicted molar refractivity (Wildman–Crippen MR) is 144 cm³/mol. The van der Waals surface area contributed by atoms with Crippen LogP contribution in [0.3, 0.4) is 0 Å². The molecule has 0 aliphatic heterocycles. The summed E-state index contributed by atoms with van der Waals surface area (Å²) in [6.07, 6.45) is 0. The Morgan fingerprint density at radius 1 is 0.486 bits per heavy atom. The number of rotatable bonds is 3. The third-order valence-electron chi connectivity index (χ3n) is 7.09. The van der Waals surface area contributed by atoms with Gasteiger partial charge in [0.1, 0.15) is 0 Å². The summed E-state index contributed by atoms with van der Waals surface area (Å²) in [6, 6.07) is 29.5. The number of benzene rings is 4. The van der Waals surface area contributed by atoms with Crippen LogP contribution in [0.4, 0.5) is 0 Å². The zero-order chi connectivity index (χ0) is 24.1. The molecule has 2 aromatic heterocycles. The highest BCUT2D eigenvalue weighted by molar-refractivity contribution is 6.08. The Morgan fingerprint density at radius 3 is 1.43 bits per heavy atom. The SMILES string of the molecule is Cc1cccc(-c2nc(-c3cccc(C)c3C)nc(-n3c4ccccc4c4ccccc43)n2)c1C. The predicted octanol–water partition coefficient (Wildman–Crippen LogP) is 7.54. The van der Waals surface area contributed by atoms with Crippen molar-refractivity contribution in [3.8, 4) is 28.7 Å². The quantitative estimate of drug-likeness (QED) is 0.277. The summed E-state index contributed by atoms with van der Waals surface area (Å²) in [6.45, 7) is 8.51. The van der Waals surface area contributed by atoms with E-state index in [9.17, 15) is 0 Å². The molecule has 0 radical (unpaired) electrons. The zero-order valence-electron chi connectivity index (χ0n) is 20.4. The van der Waals surface area contributed by atoms with Crippen molar-refractivity contribution in [2.45, 2.75) is 27.7 Å². The Labute approximate surface area is 205 Å². The molecule has 0 aliphatic carbocycles. The van der Waals surface area contributed by atoms with Crippen LogP contribution in [0.15, 0.2) is 84.9 Å². The summed E-state index contributed by atoms with van der Waals surface area (Å²) in [7, 11) is 0. The number of aromatic nitrogens is 4. The molecule has 35 heavy (non-hydrogen) atoms. The highest BCUT2D eigenvalue weighted by Gasteiger charge is 2.19. The number of nitrogens with zero attached hydrogens (tertiary/aromatic N) is 4. The minimum atomic E-state index is 0.629. The second-order valence-electron chi connectivity index (χ2n) is 9.15. The number of aryl methyl sites for hydroxylation is 2. The molecule has 6 rings (SSSR count). The van der Waals surface area contributed by atoms with E-state index < -0.39 is 0 Å². The van der Waals surface area contributed by atoms with Crippen LogP contribution in [0.2, 0.25) is 0 Å². The van der Waals surface area contributed by atoms with Crippen molar-refractivity contribution in [2.24, 2.45) is 0 Å². The van der Waals surface area contributed by atoms with Crippen LogP contribution in [0, 0.1) is 27.7 Å². The molecule has 6 aromatic rings. The molecule has 0 unspecified atom stereocenters. The van der Waals surface area contributed by atoms with Gasteiger partial charge in [-0.2, -0.15) is 9.97 Å². The van der Waals surface area contributed by atoms with Crippen LogP contribution in [-0.4, -0.2) is 19.5 Å². The normalized spacial score (nSPS) is 11.4. The largest absolute Gasteiger partial charge is 0.278 e. The van der Waals surface area contributed by atoms with Gasteiger partial charge in [-0.05, 0) is 62.1 Å². The van der Waals surface area contributed by atoms with Crippen LogP contribution in [-0.2, 0) is 0 Å². The van der Waals surface area contributed by atoms with Gasteiger partial charge in [-0.3, -0.25) is 4.57 Å². The summed E-state index contributed by atoms with van der Waals surface area (Å²) in [5.74, 6) is 2.01. The van der Waals surface area contributed by atoms with E-state index >= 15 is 0 Å². The monoisotopic (exact) mass is 454 g/mol. The van der Waals surface area contributed by atoms with Crippen molar-refractivity contribution in [3.05, 3.63) is 107 Å². The smallest absolute Gasteiger partial charge is 0.238 e. The minimum Gasteiger partial charge on any atom is -0.278 e. The standard InChI is InChI=1S/C31H26N4/c1-19-11-9-15-23(21(19)3)29-32-30(24-16-10-12-20(2)22(24)4)34-31(33-29)35-27-17-7-5-13-25(27)26-14-6-8-18-28(26)35/h5-18H,1-4H3. The van der Waals surface area contributed by atoms with Crippen LogP contribution in [0.1, 0.15) is 22.3 Å². The van der Waals surface area contributed by atoms with E-state index in [1.807, 2.05) is 0 Å². The Bertz CT molecular complexity index is 1620. The summed E-state index contributed by atoms with van der Waals surface area (Å²) in [4.78, 5) is 15.1. The van der Waals surface area contributed by atoms with Gasteiger partial charge in [0.15, 0.2) is 11.6 Å². The van der Waals surface area contributed by atoms with Gasteiger partial charge in [-0.15, -0.1) is 0 Å². The Hall–Kier alpha value is -4.31. The van der Waals surface area contributed by atoms with E-state index in [0.29, 0.717) is 17.6 Å². The molecule has 4 nitrogen and oxygen atoms in total. The lowest BCUT2D eigenvalue weighted by Crippen LogP contribution is -2.07. The lowest BCUT2D eigenvalue weighted by Gasteiger charge is -2.14. The number of fused-ring (bicyclic) bond motifs is 3. The van der Waals surface area contributed by atoms with Crippen molar-refractivity contribution >= 4 is 21.8 Å². The molecule has 0 saturated heterocycles. The first kappa shape index (κ1) is 21.2. The van der Waals surface area contributed by atoms with Gasteiger partial charge >= 0.3 is 0 Å². The fraction of sp³-hybridized carbons (Fsp3) is 0.129. The van der Waals surface area contributed by atoms with Crippen molar-refractivity contribution in [3.63, 3.8) is 0 Å². The summed E-state index contributed by atoms with van der Waals surface area (Å²) in [5.41, 5.74) is 9.02. The second kappa shape index (κ2) is 8.17. The van der Waals surface area contributed by atoms with Crippen molar-refractivity contribution in [1.29, 1.82) is 0 Å². The molecular weight excluding hydrogens is 428 g/mol. The molecule has 0 atom stereocenters. The van der Waals surface area contributed by atoms with Gasteiger partial charge in [-0.25, -0.2) is 4.98 Å². The highest BCUT2D eigenvalue weighted by atomic mass is 15.2. The summed E-state index contributed by atoms with van der Waals surface area (Å²) >= 11 is 0. The van der Waals surface area contributed by atoms with Gasteiger partial charge in [0.2, 0.25) is 5.95 Å².